The molecule has 0 fully saturated rings. The Kier molecular flexibility index (Phi) is 7.33. The molecule has 0 saturated heterocycles. The molecular formula is C22H28N4O3S. The number of hydrogen-bond acceptors (Lipinski definition) is 6. The van der Waals surface area contributed by atoms with Crippen LogP contribution in [-0.2, 0) is 18.3 Å². The Morgan fingerprint density at radius 3 is 2.67 bits per heavy atom. The van der Waals surface area contributed by atoms with Crippen LogP contribution in [0.25, 0.3) is 11.4 Å². The van der Waals surface area contributed by atoms with Crippen LogP contribution < -0.4 is 4.74 Å². The summed E-state index contributed by atoms with van der Waals surface area (Å²) in [6, 6.07) is 9.66. The fourth-order valence-electron chi connectivity index (χ4n) is 3.51. The van der Waals surface area contributed by atoms with E-state index >= 15 is 0 Å². The minimum Gasteiger partial charge on any atom is -0.496 e. The van der Waals surface area contributed by atoms with E-state index in [1.165, 1.54) is 11.8 Å². The van der Waals surface area contributed by atoms with Gasteiger partial charge in [-0.05, 0) is 38.5 Å². The third-order valence-electron chi connectivity index (χ3n) is 5.12. The molecule has 2 aromatic heterocycles. The van der Waals surface area contributed by atoms with Crippen molar-refractivity contribution in [2.75, 3.05) is 26.6 Å². The zero-order valence-electron chi connectivity index (χ0n) is 18.1. The molecule has 0 bridgehead atoms. The molecule has 0 aliphatic carbocycles. The zero-order chi connectivity index (χ0) is 21.7. The van der Waals surface area contributed by atoms with Crippen LogP contribution in [0.2, 0.25) is 0 Å². The molecule has 8 heteroatoms. The number of benzene rings is 1. The molecule has 0 radical (unpaired) electrons. The van der Waals surface area contributed by atoms with Gasteiger partial charge in [0.1, 0.15) is 5.75 Å². The molecule has 3 aromatic rings. The lowest BCUT2D eigenvalue weighted by molar-refractivity contribution is 0.102. The van der Waals surface area contributed by atoms with Crippen LogP contribution in [0.1, 0.15) is 28.2 Å². The molecule has 30 heavy (non-hydrogen) atoms. The Bertz CT molecular complexity index is 1030. The van der Waals surface area contributed by atoms with Crippen molar-refractivity contribution in [1.29, 1.82) is 0 Å². The summed E-state index contributed by atoms with van der Waals surface area (Å²) in [6.07, 6.45) is 0.917. The normalized spacial score (nSPS) is 11.1. The number of ketones is 1. The van der Waals surface area contributed by atoms with Crippen molar-refractivity contribution in [2.45, 2.75) is 32.0 Å². The average Bonchev–Trinajstić information content (AvgIpc) is 3.26. The van der Waals surface area contributed by atoms with E-state index < -0.39 is 0 Å². The summed E-state index contributed by atoms with van der Waals surface area (Å²) in [5.41, 5.74) is 3.73. The first-order valence-corrected chi connectivity index (χ1v) is 10.8. The highest BCUT2D eigenvalue weighted by atomic mass is 32.2. The van der Waals surface area contributed by atoms with E-state index in [9.17, 15) is 4.79 Å². The molecule has 0 aliphatic rings. The molecule has 0 unspecified atom stereocenters. The molecule has 2 heterocycles. The molecule has 3 rings (SSSR count). The summed E-state index contributed by atoms with van der Waals surface area (Å²) >= 11 is 1.39. The molecule has 0 atom stereocenters. The topological polar surface area (TPSA) is 71.2 Å². The van der Waals surface area contributed by atoms with Gasteiger partial charge in [-0.15, -0.1) is 10.2 Å². The van der Waals surface area contributed by atoms with E-state index in [0.29, 0.717) is 23.3 Å². The van der Waals surface area contributed by atoms with E-state index in [1.54, 1.807) is 14.2 Å². The van der Waals surface area contributed by atoms with Crippen LogP contribution in [0.15, 0.2) is 35.5 Å². The Morgan fingerprint density at radius 1 is 1.17 bits per heavy atom. The molecule has 1 aromatic carbocycles. The van der Waals surface area contributed by atoms with Gasteiger partial charge in [-0.25, -0.2) is 0 Å². The van der Waals surface area contributed by atoms with Gasteiger partial charge in [-0.3, -0.25) is 4.79 Å². The van der Waals surface area contributed by atoms with E-state index in [0.717, 1.165) is 41.2 Å². The van der Waals surface area contributed by atoms with Gasteiger partial charge in [0.2, 0.25) is 0 Å². The molecule has 0 N–H and O–H groups in total. The summed E-state index contributed by atoms with van der Waals surface area (Å²) in [7, 11) is 5.23. The second kappa shape index (κ2) is 9.95. The Hall–Kier alpha value is -2.58. The molecule has 0 aliphatic heterocycles. The monoisotopic (exact) mass is 428 g/mol. The zero-order valence-corrected chi connectivity index (χ0v) is 19.0. The summed E-state index contributed by atoms with van der Waals surface area (Å²) in [5.74, 6) is 1.84. The Morgan fingerprint density at radius 2 is 1.93 bits per heavy atom. The third kappa shape index (κ3) is 4.60. The maximum atomic E-state index is 12.9. The van der Waals surface area contributed by atoms with Crippen molar-refractivity contribution in [2.24, 2.45) is 7.05 Å². The standard InChI is InChI=1S/C22H28N4O3S/c1-15-13-18(16(2)26(15)11-8-12-28-4)19(27)14-30-22-24-23-21(25(22)3)17-9-6-7-10-20(17)29-5/h6-7,9-10,13H,8,11-12,14H2,1-5H3. The van der Waals surface area contributed by atoms with Crippen LogP contribution in [0.3, 0.4) is 0 Å². The van der Waals surface area contributed by atoms with Gasteiger partial charge in [-0.1, -0.05) is 23.9 Å². The molecular weight excluding hydrogens is 400 g/mol. The van der Waals surface area contributed by atoms with E-state index in [2.05, 4.69) is 14.8 Å². The van der Waals surface area contributed by atoms with Gasteiger partial charge in [-0.2, -0.15) is 0 Å². The predicted octanol–water partition coefficient (Wildman–Crippen LogP) is 3.92. The number of para-hydroxylation sites is 1. The first kappa shape index (κ1) is 22.1. The van der Waals surface area contributed by atoms with Crippen molar-refractivity contribution >= 4 is 17.5 Å². The van der Waals surface area contributed by atoms with Gasteiger partial charge in [0.25, 0.3) is 0 Å². The lowest BCUT2D eigenvalue weighted by Gasteiger charge is -2.09. The first-order chi connectivity index (χ1) is 14.5. The smallest absolute Gasteiger partial charge is 0.191 e. The number of aryl methyl sites for hydroxylation is 1. The van der Waals surface area contributed by atoms with Crippen LogP contribution in [0.5, 0.6) is 5.75 Å². The summed E-state index contributed by atoms with van der Waals surface area (Å²) in [6.45, 7) is 5.58. The van der Waals surface area contributed by atoms with E-state index in [-0.39, 0.29) is 5.78 Å². The number of Topliss-reactive ketones (excluding diaryl/α,β-unsaturated/α-hetero) is 1. The second-order valence-corrected chi connectivity index (χ2v) is 8.00. The first-order valence-electron chi connectivity index (χ1n) is 9.82. The summed E-state index contributed by atoms with van der Waals surface area (Å²) in [4.78, 5) is 12.9. The third-order valence-corrected chi connectivity index (χ3v) is 6.14. The summed E-state index contributed by atoms with van der Waals surface area (Å²) < 4.78 is 14.6. The van der Waals surface area contributed by atoms with Crippen molar-refractivity contribution < 1.29 is 14.3 Å². The van der Waals surface area contributed by atoms with Gasteiger partial charge in [0.15, 0.2) is 16.8 Å². The molecule has 0 spiro atoms. The van der Waals surface area contributed by atoms with Crippen molar-refractivity contribution in [3.8, 4) is 17.1 Å². The van der Waals surface area contributed by atoms with Crippen molar-refractivity contribution in [3.05, 3.63) is 47.3 Å². The quantitative estimate of drug-likeness (QED) is 0.277. The van der Waals surface area contributed by atoms with Gasteiger partial charge < -0.3 is 18.6 Å². The highest BCUT2D eigenvalue weighted by Gasteiger charge is 2.19. The minimum atomic E-state index is 0.0907. The number of hydrogen-bond donors (Lipinski definition) is 0. The maximum Gasteiger partial charge on any atom is 0.191 e. The Balaban J connectivity index is 1.72. The predicted molar refractivity (Wildman–Crippen MR) is 118 cm³/mol. The molecule has 0 saturated carbocycles. The molecule has 0 amide bonds. The van der Waals surface area contributed by atoms with Crippen LogP contribution in [0.4, 0.5) is 0 Å². The van der Waals surface area contributed by atoms with E-state index in [1.807, 2.05) is 55.8 Å². The average molecular weight is 429 g/mol. The van der Waals surface area contributed by atoms with Crippen molar-refractivity contribution in [1.82, 2.24) is 19.3 Å². The second-order valence-electron chi connectivity index (χ2n) is 7.06. The number of aromatic nitrogens is 4. The number of thioether (sulfide) groups is 1. The number of nitrogens with zero attached hydrogens (tertiary/aromatic N) is 4. The molecule has 7 nitrogen and oxygen atoms in total. The number of carbonyl (C=O) groups is 1. The highest BCUT2D eigenvalue weighted by Crippen LogP contribution is 2.30. The number of carbonyl (C=O) groups excluding carboxylic acids is 1. The largest absolute Gasteiger partial charge is 0.496 e. The van der Waals surface area contributed by atoms with Gasteiger partial charge in [0, 0.05) is 44.3 Å². The van der Waals surface area contributed by atoms with Gasteiger partial charge >= 0.3 is 0 Å². The number of ether oxygens (including phenoxy) is 2. The van der Waals surface area contributed by atoms with Crippen LogP contribution in [-0.4, -0.2) is 51.7 Å². The van der Waals surface area contributed by atoms with Crippen LogP contribution in [0, 0.1) is 13.8 Å². The fraction of sp³-hybridized carbons (Fsp3) is 0.409. The van der Waals surface area contributed by atoms with Crippen molar-refractivity contribution in [3.63, 3.8) is 0 Å². The maximum absolute atomic E-state index is 12.9. The lowest BCUT2D eigenvalue weighted by atomic mass is 10.2. The summed E-state index contributed by atoms with van der Waals surface area (Å²) in [5, 5.41) is 9.28. The van der Waals surface area contributed by atoms with E-state index in [4.69, 9.17) is 9.47 Å². The molecule has 160 valence electrons. The number of rotatable bonds is 10. The lowest BCUT2D eigenvalue weighted by Crippen LogP contribution is -2.08. The van der Waals surface area contributed by atoms with Gasteiger partial charge in [0.05, 0.1) is 18.4 Å². The fourth-order valence-corrected chi connectivity index (χ4v) is 4.30. The number of methoxy groups -OCH3 is 2. The Labute approximate surface area is 181 Å². The van der Waals surface area contributed by atoms with Crippen LogP contribution >= 0.6 is 11.8 Å². The minimum absolute atomic E-state index is 0.0907. The highest BCUT2D eigenvalue weighted by molar-refractivity contribution is 7.99. The SMILES string of the molecule is COCCCn1c(C)cc(C(=O)CSc2nnc(-c3ccccc3OC)n2C)c1C.